The van der Waals surface area contributed by atoms with Crippen molar-refractivity contribution in [3.05, 3.63) is 64.7 Å². The number of amides is 2. The maximum atomic E-state index is 12.5. The molecule has 8 heteroatoms. The lowest BCUT2D eigenvalue weighted by atomic mass is 10.1. The first kappa shape index (κ1) is 21.4. The van der Waals surface area contributed by atoms with Crippen LogP contribution in [0.25, 0.3) is 0 Å². The number of benzene rings is 2. The van der Waals surface area contributed by atoms with Crippen molar-refractivity contribution < 1.29 is 14.3 Å². The third-order valence-electron chi connectivity index (χ3n) is 4.41. The predicted molar refractivity (Wildman–Crippen MR) is 118 cm³/mol. The number of hydrogen-bond acceptors (Lipinski definition) is 6. The highest BCUT2D eigenvalue weighted by atomic mass is 32.1. The lowest BCUT2D eigenvalue weighted by Gasteiger charge is -2.06. The van der Waals surface area contributed by atoms with Gasteiger partial charge in [0.15, 0.2) is 0 Å². The van der Waals surface area contributed by atoms with Crippen LogP contribution in [0.3, 0.4) is 0 Å². The smallest absolute Gasteiger partial charge is 0.257 e. The summed E-state index contributed by atoms with van der Waals surface area (Å²) in [4.78, 5) is 24.3. The molecule has 0 fully saturated rings. The second kappa shape index (κ2) is 10.5. The van der Waals surface area contributed by atoms with Gasteiger partial charge in [0, 0.05) is 29.7 Å². The molecule has 1 heterocycles. The van der Waals surface area contributed by atoms with Crippen LogP contribution >= 0.6 is 11.3 Å². The second-order valence-electron chi connectivity index (χ2n) is 6.67. The van der Waals surface area contributed by atoms with Crippen molar-refractivity contribution in [1.82, 2.24) is 10.2 Å². The van der Waals surface area contributed by atoms with Gasteiger partial charge < -0.3 is 10.1 Å². The highest BCUT2D eigenvalue weighted by molar-refractivity contribution is 7.15. The Morgan fingerprint density at radius 2 is 1.80 bits per heavy atom. The van der Waals surface area contributed by atoms with E-state index in [1.807, 2.05) is 31.2 Å². The molecular weight excluding hydrogens is 400 g/mol. The molecule has 3 rings (SSSR count). The van der Waals surface area contributed by atoms with Crippen LogP contribution < -0.4 is 15.4 Å². The van der Waals surface area contributed by atoms with Crippen LogP contribution in [0, 0.1) is 0 Å². The van der Waals surface area contributed by atoms with Gasteiger partial charge in [-0.15, -0.1) is 10.2 Å². The van der Waals surface area contributed by atoms with E-state index in [9.17, 15) is 9.59 Å². The van der Waals surface area contributed by atoms with Crippen LogP contribution in [0.5, 0.6) is 5.75 Å². The average Bonchev–Trinajstić information content (AvgIpc) is 3.19. The van der Waals surface area contributed by atoms with Gasteiger partial charge in [0.25, 0.3) is 5.91 Å². The standard InChI is InChI=1S/C22H24N4O3S/c1-3-4-9-19(27)23-17-12-10-15(11-13-17)21(28)24-22-26-25-20(30-22)14-16-7-5-6-8-18(16)29-2/h5-8,10-13H,3-4,9,14H2,1-2H3,(H,23,27)(H,24,26,28). The Bertz CT molecular complexity index is 1000. The number of nitrogens with zero attached hydrogens (tertiary/aromatic N) is 2. The van der Waals surface area contributed by atoms with E-state index in [1.165, 1.54) is 11.3 Å². The van der Waals surface area contributed by atoms with Crippen molar-refractivity contribution in [3.63, 3.8) is 0 Å². The summed E-state index contributed by atoms with van der Waals surface area (Å²) in [6.45, 7) is 2.04. The van der Waals surface area contributed by atoms with Crippen molar-refractivity contribution in [1.29, 1.82) is 0 Å². The number of ether oxygens (including phenoxy) is 1. The van der Waals surface area contributed by atoms with Gasteiger partial charge in [0.1, 0.15) is 10.8 Å². The van der Waals surface area contributed by atoms with E-state index in [-0.39, 0.29) is 11.8 Å². The Labute approximate surface area is 179 Å². The zero-order chi connectivity index (χ0) is 21.3. The van der Waals surface area contributed by atoms with Crippen LogP contribution in [0.1, 0.15) is 47.1 Å². The van der Waals surface area contributed by atoms with Crippen LogP contribution in [0.4, 0.5) is 10.8 Å². The Morgan fingerprint density at radius 3 is 2.53 bits per heavy atom. The molecule has 1 aromatic heterocycles. The third kappa shape index (κ3) is 5.87. The van der Waals surface area contributed by atoms with Crippen LogP contribution in [0.2, 0.25) is 0 Å². The number of aromatic nitrogens is 2. The molecule has 0 bridgehead atoms. The number of carbonyl (C=O) groups excluding carboxylic acids is 2. The Balaban J connectivity index is 1.58. The molecule has 0 aliphatic heterocycles. The lowest BCUT2D eigenvalue weighted by molar-refractivity contribution is -0.116. The minimum Gasteiger partial charge on any atom is -0.496 e. The molecule has 0 spiro atoms. The monoisotopic (exact) mass is 424 g/mol. The summed E-state index contributed by atoms with van der Waals surface area (Å²) >= 11 is 1.32. The summed E-state index contributed by atoms with van der Waals surface area (Å²) in [5, 5.41) is 15.0. The van der Waals surface area contributed by atoms with Gasteiger partial charge in [-0.3, -0.25) is 14.9 Å². The van der Waals surface area contributed by atoms with Crippen LogP contribution in [-0.2, 0) is 11.2 Å². The normalized spacial score (nSPS) is 10.5. The van der Waals surface area contributed by atoms with Gasteiger partial charge >= 0.3 is 0 Å². The van der Waals surface area contributed by atoms with Gasteiger partial charge in [-0.05, 0) is 36.8 Å². The molecule has 0 saturated carbocycles. The maximum Gasteiger partial charge on any atom is 0.257 e. The fraction of sp³-hybridized carbons (Fsp3) is 0.273. The fourth-order valence-electron chi connectivity index (χ4n) is 2.82. The Hall–Kier alpha value is -3.26. The molecule has 0 radical (unpaired) electrons. The van der Waals surface area contributed by atoms with Crippen molar-refractivity contribution in [3.8, 4) is 5.75 Å². The summed E-state index contributed by atoms with van der Waals surface area (Å²) < 4.78 is 5.36. The number of methoxy groups -OCH3 is 1. The zero-order valence-electron chi connectivity index (χ0n) is 17.0. The molecule has 0 saturated heterocycles. The molecule has 7 nitrogen and oxygen atoms in total. The number of hydrogen-bond donors (Lipinski definition) is 2. The molecular formula is C22H24N4O3S. The van der Waals surface area contributed by atoms with E-state index >= 15 is 0 Å². The maximum absolute atomic E-state index is 12.5. The van der Waals surface area contributed by atoms with Gasteiger partial charge in [-0.1, -0.05) is 42.9 Å². The number of para-hydroxylation sites is 1. The van der Waals surface area contributed by atoms with E-state index < -0.39 is 0 Å². The molecule has 2 N–H and O–H groups in total. The zero-order valence-corrected chi connectivity index (χ0v) is 17.8. The SMILES string of the molecule is CCCCC(=O)Nc1ccc(C(=O)Nc2nnc(Cc3ccccc3OC)s2)cc1. The quantitative estimate of drug-likeness (QED) is 0.527. The summed E-state index contributed by atoms with van der Waals surface area (Å²) in [6.07, 6.45) is 2.89. The summed E-state index contributed by atoms with van der Waals surface area (Å²) in [7, 11) is 1.63. The van der Waals surface area contributed by atoms with Crippen molar-refractivity contribution in [2.45, 2.75) is 32.6 Å². The highest BCUT2D eigenvalue weighted by Gasteiger charge is 2.12. The van der Waals surface area contributed by atoms with Gasteiger partial charge in [-0.25, -0.2) is 0 Å². The average molecular weight is 425 g/mol. The van der Waals surface area contributed by atoms with E-state index in [0.29, 0.717) is 29.2 Å². The van der Waals surface area contributed by atoms with Gasteiger partial charge in [-0.2, -0.15) is 0 Å². The Morgan fingerprint density at radius 1 is 1.03 bits per heavy atom. The molecule has 2 amide bonds. The molecule has 30 heavy (non-hydrogen) atoms. The first-order valence-corrected chi connectivity index (χ1v) is 10.6. The molecule has 0 atom stereocenters. The van der Waals surface area contributed by atoms with E-state index in [0.717, 1.165) is 29.2 Å². The number of carbonyl (C=O) groups is 2. The highest BCUT2D eigenvalue weighted by Crippen LogP contribution is 2.24. The number of anilines is 2. The molecule has 0 aliphatic carbocycles. The summed E-state index contributed by atoms with van der Waals surface area (Å²) in [5.41, 5.74) is 2.15. The first-order valence-electron chi connectivity index (χ1n) is 9.74. The van der Waals surface area contributed by atoms with E-state index in [2.05, 4.69) is 20.8 Å². The first-order chi connectivity index (χ1) is 14.6. The predicted octanol–water partition coefficient (Wildman–Crippen LogP) is 4.52. The fourth-order valence-corrected chi connectivity index (χ4v) is 3.58. The topological polar surface area (TPSA) is 93.2 Å². The van der Waals surface area contributed by atoms with Crippen LogP contribution in [-0.4, -0.2) is 29.1 Å². The molecule has 3 aromatic rings. The van der Waals surface area contributed by atoms with Crippen molar-refractivity contribution >= 4 is 34.0 Å². The van der Waals surface area contributed by atoms with E-state index in [1.54, 1.807) is 31.4 Å². The summed E-state index contributed by atoms with van der Waals surface area (Å²) in [6, 6.07) is 14.5. The molecule has 156 valence electrons. The second-order valence-corrected chi connectivity index (χ2v) is 7.73. The van der Waals surface area contributed by atoms with Crippen molar-refractivity contribution in [2.75, 3.05) is 17.7 Å². The molecule has 2 aromatic carbocycles. The third-order valence-corrected chi connectivity index (χ3v) is 5.25. The Kier molecular flexibility index (Phi) is 7.51. The lowest BCUT2D eigenvalue weighted by Crippen LogP contribution is -2.13. The molecule has 0 aliphatic rings. The number of nitrogens with one attached hydrogen (secondary N) is 2. The summed E-state index contributed by atoms with van der Waals surface area (Å²) in [5.74, 6) is 0.490. The van der Waals surface area contributed by atoms with Gasteiger partial charge in [0.05, 0.1) is 7.11 Å². The minimum atomic E-state index is -0.279. The largest absolute Gasteiger partial charge is 0.496 e. The van der Waals surface area contributed by atoms with Crippen LogP contribution in [0.15, 0.2) is 48.5 Å². The number of rotatable bonds is 9. The van der Waals surface area contributed by atoms with E-state index in [4.69, 9.17) is 4.74 Å². The minimum absolute atomic E-state index is 0.0227. The molecule has 0 unspecified atom stereocenters. The van der Waals surface area contributed by atoms with Crippen molar-refractivity contribution in [2.24, 2.45) is 0 Å². The van der Waals surface area contributed by atoms with Gasteiger partial charge in [0.2, 0.25) is 11.0 Å². The number of unbranched alkanes of at least 4 members (excludes halogenated alkanes) is 1.